The molecule has 2 aromatic carbocycles. The van der Waals surface area contributed by atoms with Crippen LogP contribution >= 0.6 is 0 Å². The number of aromatic nitrogens is 2. The maximum Gasteiger partial charge on any atom is 0.276 e. The molecular weight excluding hydrogens is 423 g/mol. The van der Waals surface area contributed by atoms with Crippen molar-refractivity contribution in [3.8, 4) is 0 Å². The highest BCUT2D eigenvalue weighted by atomic mass is 32.2. The van der Waals surface area contributed by atoms with Crippen LogP contribution in [0.5, 0.6) is 0 Å². The number of nitrogens with one attached hydrogen (secondary N) is 2. The Bertz CT molecular complexity index is 1260. The van der Waals surface area contributed by atoms with Crippen molar-refractivity contribution in [1.82, 2.24) is 9.78 Å². The normalized spacial score (nSPS) is 11.2. The lowest BCUT2D eigenvalue weighted by atomic mass is 10.3. The Kier molecular flexibility index (Phi) is 6.81. The van der Waals surface area contributed by atoms with Gasteiger partial charge in [-0.15, -0.1) is 0 Å². The van der Waals surface area contributed by atoms with Crippen LogP contribution < -0.4 is 15.6 Å². The van der Waals surface area contributed by atoms with Crippen LogP contribution in [-0.2, 0) is 16.6 Å². The molecule has 0 saturated carbocycles. The molecule has 0 aliphatic heterocycles. The maximum atomic E-state index is 13.8. The molecule has 1 amide bonds. The van der Waals surface area contributed by atoms with E-state index < -0.39 is 21.7 Å². The van der Waals surface area contributed by atoms with Crippen molar-refractivity contribution in [3.63, 3.8) is 0 Å². The van der Waals surface area contributed by atoms with Crippen molar-refractivity contribution in [2.24, 2.45) is 0 Å². The number of halogens is 1. The van der Waals surface area contributed by atoms with E-state index in [9.17, 15) is 22.4 Å². The first kappa shape index (κ1) is 22.2. The van der Waals surface area contributed by atoms with Crippen LogP contribution in [0.3, 0.4) is 0 Å². The number of carbonyl (C=O) groups is 1. The van der Waals surface area contributed by atoms with E-state index >= 15 is 0 Å². The highest BCUT2D eigenvalue weighted by molar-refractivity contribution is 7.92. The lowest BCUT2D eigenvalue weighted by Crippen LogP contribution is -2.26. The molecule has 3 rings (SSSR count). The Balaban J connectivity index is 1.80. The first-order valence-corrected chi connectivity index (χ1v) is 11.1. The molecule has 3 aromatic rings. The summed E-state index contributed by atoms with van der Waals surface area (Å²) in [5.74, 6) is -1.30. The summed E-state index contributed by atoms with van der Waals surface area (Å²) < 4.78 is 42.4. The molecule has 1 aromatic heterocycles. The van der Waals surface area contributed by atoms with Gasteiger partial charge in [0.25, 0.3) is 21.5 Å². The smallest absolute Gasteiger partial charge is 0.276 e. The van der Waals surface area contributed by atoms with Gasteiger partial charge in [0.15, 0.2) is 0 Å². The average Bonchev–Trinajstić information content (AvgIpc) is 2.75. The molecular formula is C21H21FN4O4S. The van der Waals surface area contributed by atoms with Crippen molar-refractivity contribution in [2.75, 3.05) is 10.0 Å². The van der Waals surface area contributed by atoms with Gasteiger partial charge in [-0.05, 0) is 42.8 Å². The second-order valence-electron chi connectivity index (χ2n) is 6.70. The van der Waals surface area contributed by atoms with Crippen LogP contribution in [0, 0.1) is 5.82 Å². The number of amides is 1. The lowest BCUT2D eigenvalue weighted by Gasteiger charge is -2.11. The molecule has 1 heterocycles. The van der Waals surface area contributed by atoms with Gasteiger partial charge in [-0.1, -0.05) is 31.5 Å². The summed E-state index contributed by atoms with van der Waals surface area (Å²) in [6, 6.07) is 13.5. The molecule has 0 unspecified atom stereocenters. The number of anilines is 2. The van der Waals surface area contributed by atoms with Gasteiger partial charge < -0.3 is 5.32 Å². The third-order valence-electron chi connectivity index (χ3n) is 4.34. The highest BCUT2D eigenvalue weighted by Gasteiger charge is 2.17. The fourth-order valence-corrected chi connectivity index (χ4v) is 3.83. The molecule has 8 nitrogen and oxygen atoms in total. The topological polar surface area (TPSA) is 110 Å². The first-order chi connectivity index (χ1) is 14.8. The molecule has 10 heteroatoms. The summed E-state index contributed by atoms with van der Waals surface area (Å²) >= 11 is 0. The van der Waals surface area contributed by atoms with E-state index in [0.717, 1.165) is 18.9 Å². The number of carbonyl (C=O) groups excluding carboxylic acids is 1. The standard InChI is InChI=1S/C21H21FN4O4S/c1-2-3-13-26-20(27)12-11-19(24-26)21(28)23-15-7-6-8-16(14-15)31(29,30)25-18-10-5-4-9-17(18)22/h4-12,14,25H,2-3,13H2,1H3,(H,23,28). The van der Waals surface area contributed by atoms with E-state index in [1.54, 1.807) is 0 Å². The van der Waals surface area contributed by atoms with Gasteiger partial charge in [-0.3, -0.25) is 14.3 Å². The number of hydrogen-bond acceptors (Lipinski definition) is 5. The second kappa shape index (κ2) is 9.52. The van der Waals surface area contributed by atoms with Crippen LogP contribution in [0.2, 0.25) is 0 Å². The number of nitrogens with zero attached hydrogens (tertiary/aromatic N) is 2. The molecule has 31 heavy (non-hydrogen) atoms. The molecule has 0 aliphatic carbocycles. The Morgan fingerprint density at radius 1 is 1.10 bits per heavy atom. The van der Waals surface area contributed by atoms with E-state index in [2.05, 4.69) is 15.1 Å². The van der Waals surface area contributed by atoms with Gasteiger partial charge in [-0.2, -0.15) is 5.10 Å². The Hall–Kier alpha value is -3.53. The summed E-state index contributed by atoms with van der Waals surface area (Å²) in [4.78, 5) is 24.2. The fraction of sp³-hybridized carbons (Fsp3) is 0.190. The van der Waals surface area contributed by atoms with Crippen molar-refractivity contribution >= 4 is 27.3 Å². The summed E-state index contributed by atoms with van der Waals surface area (Å²) in [7, 11) is -4.08. The Labute approximate surface area is 178 Å². The molecule has 0 aliphatic rings. The van der Waals surface area contributed by atoms with Crippen molar-refractivity contribution < 1.29 is 17.6 Å². The van der Waals surface area contributed by atoms with Crippen molar-refractivity contribution in [1.29, 1.82) is 0 Å². The molecule has 0 fully saturated rings. The molecule has 0 bridgehead atoms. The predicted molar refractivity (Wildman–Crippen MR) is 115 cm³/mol. The van der Waals surface area contributed by atoms with Gasteiger partial charge in [0.1, 0.15) is 11.5 Å². The molecule has 2 N–H and O–H groups in total. The summed E-state index contributed by atoms with van der Waals surface area (Å²) in [6.45, 7) is 2.37. The minimum absolute atomic E-state index is 0.0217. The second-order valence-corrected chi connectivity index (χ2v) is 8.38. The van der Waals surface area contributed by atoms with Crippen LogP contribution in [0.1, 0.15) is 30.3 Å². The largest absolute Gasteiger partial charge is 0.321 e. The van der Waals surface area contributed by atoms with Crippen LogP contribution in [0.15, 0.2) is 70.4 Å². The van der Waals surface area contributed by atoms with Crippen molar-refractivity contribution in [3.05, 3.63) is 82.5 Å². The summed E-state index contributed by atoms with van der Waals surface area (Å²) in [5, 5.41) is 6.63. The highest BCUT2D eigenvalue weighted by Crippen LogP contribution is 2.21. The average molecular weight is 444 g/mol. The zero-order valence-electron chi connectivity index (χ0n) is 16.7. The van der Waals surface area contributed by atoms with E-state index in [4.69, 9.17) is 0 Å². The summed E-state index contributed by atoms with van der Waals surface area (Å²) in [5.41, 5.74) is -0.268. The molecule has 0 spiro atoms. The molecule has 162 valence electrons. The third kappa shape index (κ3) is 5.54. The van der Waals surface area contributed by atoms with Gasteiger partial charge in [-0.25, -0.2) is 17.5 Å². The Morgan fingerprint density at radius 2 is 1.87 bits per heavy atom. The number of para-hydroxylation sites is 1. The van der Waals surface area contributed by atoms with Gasteiger partial charge in [0, 0.05) is 18.3 Å². The van der Waals surface area contributed by atoms with E-state index in [0.29, 0.717) is 6.54 Å². The number of hydrogen-bond donors (Lipinski definition) is 2. The molecule has 0 saturated heterocycles. The van der Waals surface area contributed by atoms with Crippen LogP contribution in [0.25, 0.3) is 0 Å². The van der Waals surface area contributed by atoms with Gasteiger partial charge in [0.05, 0.1) is 10.6 Å². The molecule has 0 atom stereocenters. The number of benzene rings is 2. The first-order valence-electron chi connectivity index (χ1n) is 9.57. The number of unbranched alkanes of at least 4 members (excludes halogenated alkanes) is 1. The monoisotopic (exact) mass is 444 g/mol. The van der Waals surface area contributed by atoms with E-state index in [1.165, 1.54) is 59.3 Å². The SMILES string of the molecule is CCCCn1nc(C(=O)Nc2cccc(S(=O)(=O)Nc3ccccc3F)c2)ccc1=O. The van der Waals surface area contributed by atoms with Gasteiger partial charge >= 0.3 is 0 Å². The zero-order valence-corrected chi connectivity index (χ0v) is 17.5. The quantitative estimate of drug-likeness (QED) is 0.554. The van der Waals surface area contributed by atoms with Crippen LogP contribution in [0.4, 0.5) is 15.8 Å². The minimum atomic E-state index is -4.08. The van der Waals surface area contributed by atoms with Crippen LogP contribution in [-0.4, -0.2) is 24.1 Å². The Morgan fingerprint density at radius 3 is 2.61 bits per heavy atom. The van der Waals surface area contributed by atoms with Crippen molar-refractivity contribution in [2.45, 2.75) is 31.2 Å². The van der Waals surface area contributed by atoms with Gasteiger partial charge in [0.2, 0.25) is 0 Å². The number of sulfonamides is 1. The minimum Gasteiger partial charge on any atom is -0.321 e. The fourth-order valence-electron chi connectivity index (χ4n) is 2.72. The number of rotatable bonds is 8. The zero-order chi connectivity index (χ0) is 22.4. The predicted octanol–water partition coefficient (Wildman–Crippen LogP) is 3.24. The third-order valence-corrected chi connectivity index (χ3v) is 5.71. The lowest BCUT2D eigenvalue weighted by molar-refractivity contribution is 0.101. The maximum absolute atomic E-state index is 13.8. The summed E-state index contributed by atoms with van der Waals surface area (Å²) in [6.07, 6.45) is 1.61. The molecule has 0 radical (unpaired) electrons. The van der Waals surface area contributed by atoms with E-state index in [-0.39, 0.29) is 27.5 Å². The van der Waals surface area contributed by atoms with E-state index in [1.807, 2.05) is 6.92 Å². The number of aryl methyl sites for hydroxylation is 1.